The quantitative estimate of drug-likeness (QED) is 0.132. The van der Waals surface area contributed by atoms with E-state index in [1.807, 2.05) is 97.5 Å². The monoisotopic (exact) mass is 761 g/mol. The van der Waals surface area contributed by atoms with Crippen molar-refractivity contribution in [3.05, 3.63) is 181 Å². The van der Waals surface area contributed by atoms with E-state index in [4.69, 9.17) is 21.5 Å². The van der Waals surface area contributed by atoms with Crippen LogP contribution >= 0.6 is 0 Å². The van der Waals surface area contributed by atoms with Gasteiger partial charge in [0.1, 0.15) is 6.07 Å². The van der Waals surface area contributed by atoms with Crippen LogP contribution in [0.5, 0.6) is 0 Å². The first-order valence-corrected chi connectivity index (χ1v) is 19.8. The summed E-state index contributed by atoms with van der Waals surface area (Å²) in [6.07, 6.45) is 5.58. The van der Waals surface area contributed by atoms with Crippen molar-refractivity contribution in [2.75, 3.05) is 0 Å². The van der Waals surface area contributed by atoms with Crippen LogP contribution in [0.4, 0.5) is 5.69 Å². The lowest BCUT2D eigenvalue weighted by molar-refractivity contribution is 1.13. The van der Waals surface area contributed by atoms with Crippen LogP contribution in [0.3, 0.4) is 0 Å². The van der Waals surface area contributed by atoms with Gasteiger partial charge in [-0.1, -0.05) is 115 Å². The molecule has 60 heavy (non-hydrogen) atoms. The third kappa shape index (κ3) is 4.02. The smallest absolute Gasteiger partial charge is 0.220 e. The Balaban J connectivity index is 1.33. The van der Waals surface area contributed by atoms with Crippen LogP contribution in [0, 0.1) is 17.9 Å². The molecule has 0 unspecified atom stereocenters. The first kappa shape index (κ1) is 32.4. The molecule has 7 heteroatoms. The van der Waals surface area contributed by atoms with E-state index in [2.05, 4.69) is 86.8 Å². The zero-order chi connectivity index (χ0) is 39.6. The van der Waals surface area contributed by atoms with Crippen LogP contribution in [0.1, 0.15) is 5.56 Å². The molecule has 5 heterocycles. The highest BCUT2D eigenvalue weighted by atomic mass is 15.0. The van der Waals surface area contributed by atoms with E-state index in [-0.39, 0.29) is 0 Å². The first-order valence-electron chi connectivity index (χ1n) is 19.8. The normalized spacial score (nSPS) is 12.0. The van der Waals surface area contributed by atoms with Crippen molar-refractivity contribution in [2.24, 2.45) is 0 Å². The minimum atomic E-state index is 0.395. The highest BCUT2D eigenvalue weighted by Gasteiger charge is 2.33. The molecule has 0 N–H and O–H groups in total. The molecule has 13 rings (SSSR count). The van der Waals surface area contributed by atoms with Gasteiger partial charge in [-0.25, -0.2) is 4.85 Å². The molecule has 0 saturated heterocycles. The van der Waals surface area contributed by atoms with E-state index < -0.39 is 0 Å². The topological polar surface area (TPSA) is 76.7 Å². The molecule has 0 aliphatic carbocycles. The Morgan fingerprint density at radius 1 is 0.433 bits per heavy atom. The lowest BCUT2D eigenvalue weighted by Gasteiger charge is -2.25. The lowest BCUT2D eigenvalue weighted by Crippen LogP contribution is -2.08. The molecule has 0 saturated carbocycles. The fraction of sp³-hybridized carbons (Fsp3) is 0. The summed E-state index contributed by atoms with van der Waals surface area (Å²) in [5.41, 5.74) is 11.6. The van der Waals surface area contributed by atoms with Crippen molar-refractivity contribution in [3.8, 4) is 39.7 Å². The Morgan fingerprint density at radius 2 is 0.917 bits per heavy atom. The van der Waals surface area contributed by atoms with E-state index in [0.29, 0.717) is 28.2 Å². The Kier molecular flexibility index (Phi) is 6.45. The second-order valence-corrected chi connectivity index (χ2v) is 15.2. The van der Waals surface area contributed by atoms with Crippen LogP contribution in [0.15, 0.2) is 164 Å². The van der Waals surface area contributed by atoms with E-state index in [1.54, 1.807) is 0 Å². The third-order valence-electron chi connectivity index (χ3n) is 12.4. The molecule has 0 fully saturated rings. The average molecular weight is 762 g/mol. The van der Waals surface area contributed by atoms with Gasteiger partial charge in [-0.05, 0) is 46.8 Å². The minimum absolute atomic E-state index is 0.395. The van der Waals surface area contributed by atoms with Gasteiger partial charge in [-0.2, -0.15) is 5.26 Å². The summed E-state index contributed by atoms with van der Waals surface area (Å²) in [4.78, 5) is 19.4. The minimum Gasteiger partial charge on any atom is -0.318 e. The molecule has 0 aliphatic rings. The van der Waals surface area contributed by atoms with Crippen LogP contribution in [0.2, 0.25) is 0 Å². The third-order valence-corrected chi connectivity index (χ3v) is 12.4. The first-order chi connectivity index (χ1) is 29.8. The van der Waals surface area contributed by atoms with Crippen molar-refractivity contribution in [2.45, 2.75) is 0 Å². The highest BCUT2D eigenvalue weighted by Crippen LogP contribution is 2.54. The fourth-order valence-electron chi connectivity index (χ4n) is 10.2. The molecule has 0 atom stereocenters. The summed E-state index contributed by atoms with van der Waals surface area (Å²) in [6, 6.07) is 52.2. The molecule has 0 radical (unpaired) electrons. The fourth-order valence-corrected chi connectivity index (χ4v) is 10.2. The SMILES string of the molecule is [C-]#[N+]c1c(-c2ccccc2)c(C#N)c(-n2c3ccnc4c5ccccc5c5nccc2c5c43)c(-c2ccccc2)c1-n1c2cccc3c4cccnc4c4cccc1c4c32. The van der Waals surface area contributed by atoms with E-state index in [9.17, 15) is 5.26 Å². The Labute approximate surface area is 341 Å². The summed E-state index contributed by atoms with van der Waals surface area (Å²) < 4.78 is 4.51. The maximum absolute atomic E-state index is 11.7. The second kappa shape index (κ2) is 11.9. The van der Waals surface area contributed by atoms with Crippen LogP contribution in [-0.2, 0) is 0 Å². The van der Waals surface area contributed by atoms with Crippen LogP contribution < -0.4 is 0 Å². The van der Waals surface area contributed by atoms with Gasteiger partial charge in [0.15, 0.2) is 0 Å². The Morgan fingerprint density at radius 3 is 1.53 bits per heavy atom. The number of pyridine rings is 3. The Bertz CT molecular complexity index is 3620. The molecule has 7 nitrogen and oxygen atoms in total. The molecule has 8 aromatic carbocycles. The van der Waals surface area contributed by atoms with Crippen molar-refractivity contribution >= 4 is 92.8 Å². The molecule has 0 spiro atoms. The Hall–Kier alpha value is -8.65. The second-order valence-electron chi connectivity index (χ2n) is 15.2. The van der Waals surface area contributed by atoms with Gasteiger partial charge in [0.25, 0.3) is 0 Å². The summed E-state index contributed by atoms with van der Waals surface area (Å²) in [6.45, 7) is 9.14. The maximum Gasteiger partial charge on any atom is 0.220 e. The van der Waals surface area contributed by atoms with Crippen molar-refractivity contribution in [1.29, 1.82) is 5.26 Å². The molecule has 0 amide bonds. The van der Waals surface area contributed by atoms with Gasteiger partial charge in [0.05, 0.1) is 62.1 Å². The number of rotatable bonds is 4. The largest absolute Gasteiger partial charge is 0.318 e. The van der Waals surface area contributed by atoms with Crippen LogP contribution in [-0.4, -0.2) is 24.1 Å². The maximum atomic E-state index is 11.7. The molecular weight excluding hydrogens is 735 g/mol. The molecule has 13 aromatic rings. The summed E-state index contributed by atoms with van der Waals surface area (Å²) in [5, 5.41) is 21.1. The van der Waals surface area contributed by atoms with Gasteiger partial charge < -0.3 is 9.13 Å². The van der Waals surface area contributed by atoms with Crippen molar-refractivity contribution < 1.29 is 0 Å². The van der Waals surface area contributed by atoms with Gasteiger partial charge in [-0.15, -0.1) is 0 Å². The number of nitriles is 1. The number of fused-ring (bicyclic) bond motifs is 6. The molecule has 0 bridgehead atoms. The van der Waals surface area contributed by atoms with E-state index in [1.165, 1.54) is 0 Å². The molecule has 274 valence electrons. The lowest BCUT2D eigenvalue weighted by atomic mass is 9.88. The summed E-state index contributed by atoms with van der Waals surface area (Å²) >= 11 is 0. The number of aromatic nitrogens is 5. The molecule has 0 aliphatic heterocycles. The van der Waals surface area contributed by atoms with Crippen molar-refractivity contribution in [1.82, 2.24) is 24.1 Å². The average Bonchev–Trinajstić information content (AvgIpc) is 3.84. The van der Waals surface area contributed by atoms with Crippen LogP contribution in [0.25, 0.3) is 126 Å². The predicted octanol–water partition coefficient (Wildman–Crippen LogP) is 13.3. The number of hydrogen-bond donors (Lipinski definition) is 0. The predicted molar refractivity (Wildman–Crippen MR) is 243 cm³/mol. The number of hydrogen-bond acceptors (Lipinski definition) is 4. The van der Waals surface area contributed by atoms with Gasteiger partial charge in [0, 0.05) is 72.8 Å². The molecule has 5 aromatic heterocycles. The van der Waals surface area contributed by atoms with E-state index in [0.717, 1.165) is 104 Å². The van der Waals surface area contributed by atoms with Gasteiger partial charge >= 0.3 is 0 Å². The molecular formula is C53H27N7. The zero-order valence-corrected chi connectivity index (χ0v) is 31.7. The summed E-state index contributed by atoms with van der Waals surface area (Å²) in [7, 11) is 0. The van der Waals surface area contributed by atoms with E-state index >= 15 is 0 Å². The number of nitrogens with zero attached hydrogens (tertiary/aromatic N) is 7. The highest BCUT2D eigenvalue weighted by molar-refractivity contribution is 6.35. The standard InChI is InChI=1S/C53H27N7/c1-55-51-42(30-13-4-2-5-14-30)37(29-54)52(59-40-24-27-57-49-34-17-8-9-18-35(34)50-47(46(40)49)41(59)25-28-58-50)43(31-15-6-3-7-16-31)53(51)60-38-22-10-19-32-33-21-12-26-56-48(33)36-20-11-23-39(60)45(36)44(32)38/h2-28H. The zero-order valence-electron chi connectivity index (χ0n) is 31.7. The number of benzene rings is 8. The summed E-state index contributed by atoms with van der Waals surface area (Å²) in [5.74, 6) is 0. The van der Waals surface area contributed by atoms with Crippen molar-refractivity contribution in [3.63, 3.8) is 0 Å². The van der Waals surface area contributed by atoms with Gasteiger partial charge in [-0.3, -0.25) is 15.0 Å². The van der Waals surface area contributed by atoms with Gasteiger partial charge in [0.2, 0.25) is 5.69 Å².